The van der Waals surface area contributed by atoms with Crippen molar-refractivity contribution in [3.05, 3.63) is 46.2 Å². The molecule has 1 aromatic carbocycles. The predicted molar refractivity (Wildman–Crippen MR) is 92.5 cm³/mol. The van der Waals surface area contributed by atoms with Gasteiger partial charge in [0.15, 0.2) is 5.82 Å². The maximum Gasteiger partial charge on any atom is 0.254 e. The highest BCUT2D eigenvalue weighted by molar-refractivity contribution is 7.16. The van der Waals surface area contributed by atoms with Gasteiger partial charge in [0.2, 0.25) is 4.96 Å². The fourth-order valence-corrected chi connectivity index (χ4v) is 4.26. The normalized spacial score (nSPS) is 16.0. The van der Waals surface area contributed by atoms with Gasteiger partial charge in [-0.05, 0) is 38.3 Å². The summed E-state index contributed by atoms with van der Waals surface area (Å²) in [6.45, 7) is 5.45. The molecular formula is C17H19N5OS. The molecule has 0 spiro atoms. The zero-order valence-corrected chi connectivity index (χ0v) is 14.6. The first-order valence-corrected chi connectivity index (χ1v) is 8.99. The molecule has 4 rings (SSSR count). The Morgan fingerprint density at radius 3 is 2.62 bits per heavy atom. The molecule has 24 heavy (non-hydrogen) atoms. The number of nitrogens with zero attached hydrogens (tertiary/aromatic N) is 5. The Kier molecular flexibility index (Phi) is 3.80. The van der Waals surface area contributed by atoms with Gasteiger partial charge >= 0.3 is 0 Å². The van der Waals surface area contributed by atoms with Gasteiger partial charge in [-0.1, -0.05) is 29.5 Å². The molecule has 0 aliphatic carbocycles. The van der Waals surface area contributed by atoms with Crippen LogP contribution in [-0.4, -0.2) is 43.7 Å². The van der Waals surface area contributed by atoms with Crippen LogP contribution in [0.5, 0.6) is 0 Å². The Balaban J connectivity index is 1.46. The third-order valence-electron chi connectivity index (χ3n) is 4.67. The van der Waals surface area contributed by atoms with E-state index in [-0.39, 0.29) is 5.91 Å². The molecular weight excluding hydrogens is 322 g/mol. The molecule has 7 heteroatoms. The van der Waals surface area contributed by atoms with E-state index in [1.54, 1.807) is 11.3 Å². The van der Waals surface area contributed by atoms with E-state index in [1.165, 1.54) is 0 Å². The summed E-state index contributed by atoms with van der Waals surface area (Å²) in [4.78, 5) is 15.5. The van der Waals surface area contributed by atoms with E-state index in [1.807, 2.05) is 47.5 Å². The Hall–Kier alpha value is -2.28. The van der Waals surface area contributed by atoms with E-state index >= 15 is 0 Å². The van der Waals surface area contributed by atoms with Gasteiger partial charge in [-0.25, -0.2) is 0 Å². The molecule has 1 amide bonds. The van der Waals surface area contributed by atoms with Crippen LogP contribution in [0.3, 0.4) is 0 Å². The van der Waals surface area contributed by atoms with E-state index in [0.717, 1.165) is 52.9 Å². The Morgan fingerprint density at radius 1 is 1.17 bits per heavy atom. The molecule has 0 saturated carbocycles. The van der Waals surface area contributed by atoms with Gasteiger partial charge < -0.3 is 4.90 Å². The lowest BCUT2D eigenvalue weighted by Gasteiger charge is -2.31. The molecule has 1 aliphatic heterocycles. The number of aromatic nitrogens is 4. The minimum Gasteiger partial charge on any atom is -0.339 e. The number of carbonyl (C=O) groups is 1. The van der Waals surface area contributed by atoms with Gasteiger partial charge in [-0.15, -0.1) is 10.2 Å². The maximum absolute atomic E-state index is 12.7. The highest BCUT2D eigenvalue weighted by Crippen LogP contribution is 2.31. The lowest BCUT2D eigenvalue weighted by atomic mass is 9.96. The number of piperidine rings is 1. The molecule has 124 valence electrons. The fourth-order valence-electron chi connectivity index (χ4n) is 3.21. The van der Waals surface area contributed by atoms with Crippen molar-refractivity contribution < 1.29 is 4.79 Å². The lowest BCUT2D eigenvalue weighted by molar-refractivity contribution is 0.0712. The number of likely N-dealkylation sites (tertiary alicyclic amines) is 1. The summed E-state index contributed by atoms with van der Waals surface area (Å²) in [5.74, 6) is 1.36. The Labute approximate surface area is 144 Å². The summed E-state index contributed by atoms with van der Waals surface area (Å²) in [7, 11) is 0. The molecule has 0 N–H and O–H groups in total. The first-order chi connectivity index (χ1) is 11.6. The molecule has 0 bridgehead atoms. The van der Waals surface area contributed by atoms with Crippen molar-refractivity contribution in [1.82, 2.24) is 24.7 Å². The molecule has 0 atom stereocenters. The summed E-state index contributed by atoms with van der Waals surface area (Å²) in [6.07, 6.45) is 1.89. The number of aryl methyl sites for hydroxylation is 2. The first kappa shape index (κ1) is 15.3. The van der Waals surface area contributed by atoms with Crippen LogP contribution in [0.2, 0.25) is 0 Å². The lowest BCUT2D eigenvalue weighted by Crippen LogP contribution is -2.38. The van der Waals surface area contributed by atoms with Crippen LogP contribution in [0.15, 0.2) is 24.3 Å². The van der Waals surface area contributed by atoms with Crippen molar-refractivity contribution in [3.63, 3.8) is 0 Å². The van der Waals surface area contributed by atoms with Gasteiger partial charge in [0.25, 0.3) is 5.91 Å². The standard InChI is InChI=1S/C17H19N5OS/c1-11-5-3-4-6-14(11)16(23)21-9-7-13(8-10-21)15-20-22-12(2)18-19-17(22)24-15/h3-6,13H,7-10H2,1-2H3. The van der Waals surface area contributed by atoms with E-state index in [0.29, 0.717) is 5.92 Å². The van der Waals surface area contributed by atoms with Crippen LogP contribution in [0.4, 0.5) is 0 Å². The third kappa shape index (κ3) is 2.58. The minimum absolute atomic E-state index is 0.139. The number of hydrogen-bond donors (Lipinski definition) is 0. The van der Waals surface area contributed by atoms with Crippen LogP contribution in [0, 0.1) is 13.8 Å². The quantitative estimate of drug-likeness (QED) is 0.719. The van der Waals surface area contributed by atoms with E-state index in [4.69, 9.17) is 0 Å². The summed E-state index contributed by atoms with van der Waals surface area (Å²) < 4.78 is 1.81. The van der Waals surface area contributed by atoms with Crippen molar-refractivity contribution in [2.45, 2.75) is 32.6 Å². The Morgan fingerprint density at radius 2 is 1.92 bits per heavy atom. The SMILES string of the molecule is Cc1ccccc1C(=O)N1CCC(c2nn3c(C)nnc3s2)CC1. The molecule has 3 heterocycles. The molecule has 1 aliphatic rings. The number of benzene rings is 1. The van der Waals surface area contributed by atoms with Crippen molar-refractivity contribution in [2.75, 3.05) is 13.1 Å². The van der Waals surface area contributed by atoms with Crippen molar-refractivity contribution >= 4 is 22.2 Å². The molecule has 0 radical (unpaired) electrons. The average molecular weight is 341 g/mol. The zero-order valence-electron chi connectivity index (χ0n) is 13.8. The molecule has 1 fully saturated rings. The summed E-state index contributed by atoms with van der Waals surface area (Å²) in [5, 5.41) is 13.9. The van der Waals surface area contributed by atoms with Crippen LogP contribution in [-0.2, 0) is 0 Å². The van der Waals surface area contributed by atoms with E-state index in [2.05, 4.69) is 15.3 Å². The van der Waals surface area contributed by atoms with Crippen molar-refractivity contribution in [3.8, 4) is 0 Å². The largest absolute Gasteiger partial charge is 0.339 e. The number of hydrogen-bond acceptors (Lipinski definition) is 5. The second-order valence-electron chi connectivity index (χ2n) is 6.26. The average Bonchev–Trinajstić information content (AvgIpc) is 3.17. The molecule has 6 nitrogen and oxygen atoms in total. The Bertz CT molecular complexity index is 891. The summed E-state index contributed by atoms with van der Waals surface area (Å²) >= 11 is 1.61. The van der Waals surface area contributed by atoms with Crippen LogP contribution >= 0.6 is 11.3 Å². The second-order valence-corrected chi connectivity index (χ2v) is 7.25. The van der Waals surface area contributed by atoms with Crippen LogP contribution in [0.1, 0.15) is 45.5 Å². The number of fused-ring (bicyclic) bond motifs is 1. The number of carbonyl (C=O) groups excluding carboxylic acids is 1. The number of rotatable bonds is 2. The van der Waals surface area contributed by atoms with Gasteiger partial charge in [-0.3, -0.25) is 4.79 Å². The smallest absolute Gasteiger partial charge is 0.254 e. The van der Waals surface area contributed by atoms with Crippen LogP contribution < -0.4 is 0 Å². The van der Waals surface area contributed by atoms with Gasteiger partial charge in [0.05, 0.1) is 0 Å². The second kappa shape index (κ2) is 5.98. The highest BCUT2D eigenvalue weighted by atomic mass is 32.1. The number of amides is 1. The van der Waals surface area contributed by atoms with Crippen molar-refractivity contribution in [1.29, 1.82) is 0 Å². The molecule has 3 aromatic rings. The van der Waals surface area contributed by atoms with Crippen molar-refractivity contribution in [2.24, 2.45) is 0 Å². The van der Waals surface area contributed by atoms with E-state index in [9.17, 15) is 4.79 Å². The predicted octanol–water partition coefficient (Wildman–Crippen LogP) is 2.82. The fraction of sp³-hybridized carbons (Fsp3) is 0.412. The maximum atomic E-state index is 12.7. The molecule has 2 aromatic heterocycles. The van der Waals surface area contributed by atoms with Gasteiger partial charge in [0.1, 0.15) is 5.01 Å². The monoisotopic (exact) mass is 341 g/mol. The minimum atomic E-state index is 0.139. The van der Waals surface area contributed by atoms with Gasteiger partial charge in [-0.2, -0.15) is 9.61 Å². The first-order valence-electron chi connectivity index (χ1n) is 8.17. The van der Waals surface area contributed by atoms with Crippen LogP contribution in [0.25, 0.3) is 4.96 Å². The summed E-state index contributed by atoms with van der Waals surface area (Å²) in [5.41, 5.74) is 1.85. The third-order valence-corrected chi connectivity index (χ3v) is 5.73. The highest BCUT2D eigenvalue weighted by Gasteiger charge is 2.27. The summed E-state index contributed by atoms with van der Waals surface area (Å²) in [6, 6.07) is 7.79. The zero-order chi connectivity index (χ0) is 16.7. The molecule has 1 saturated heterocycles. The van der Waals surface area contributed by atoms with Gasteiger partial charge in [0, 0.05) is 24.6 Å². The molecule has 0 unspecified atom stereocenters. The topological polar surface area (TPSA) is 63.4 Å². The van der Waals surface area contributed by atoms with E-state index < -0.39 is 0 Å².